The molecular formula is C21H20N4O4S. The van der Waals surface area contributed by atoms with Crippen molar-refractivity contribution in [3.63, 3.8) is 0 Å². The van der Waals surface area contributed by atoms with Gasteiger partial charge in [0, 0.05) is 12.1 Å². The predicted molar refractivity (Wildman–Crippen MR) is 117 cm³/mol. The Kier molecular flexibility index (Phi) is 6.12. The summed E-state index contributed by atoms with van der Waals surface area (Å²) in [6.07, 6.45) is 1.52. The van der Waals surface area contributed by atoms with E-state index in [1.54, 1.807) is 19.1 Å². The Morgan fingerprint density at radius 2 is 1.67 bits per heavy atom. The van der Waals surface area contributed by atoms with E-state index < -0.39 is 14.9 Å². The summed E-state index contributed by atoms with van der Waals surface area (Å²) >= 11 is 0. The van der Waals surface area contributed by atoms with E-state index in [0.717, 1.165) is 22.8 Å². The summed E-state index contributed by atoms with van der Waals surface area (Å²) in [5.41, 5.74) is 5.38. The molecule has 0 aliphatic rings. The largest absolute Gasteiger partial charge is 0.279 e. The fourth-order valence-electron chi connectivity index (χ4n) is 2.78. The molecule has 30 heavy (non-hydrogen) atoms. The Morgan fingerprint density at radius 1 is 0.967 bits per heavy atom. The molecular weight excluding hydrogens is 404 g/mol. The molecule has 3 rings (SSSR count). The zero-order chi connectivity index (χ0) is 21.7. The van der Waals surface area contributed by atoms with Gasteiger partial charge in [0.1, 0.15) is 4.90 Å². The van der Waals surface area contributed by atoms with Crippen molar-refractivity contribution < 1.29 is 13.3 Å². The zero-order valence-electron chi connectivity index (χ0n) is 16.4. The van der Waals surface area contributed by atoms with Gasteiger partial charge in [-0.3, -0.25) is 20.3 Å². The van der Waals surface area contributed by atoms with E-state index in [4.69, 9.17) is 0 Å². The monoisotopic (exact) mass is 424 g/mol. The molecule has 9 heteroatoms. The SMILES string of the molecule is Cc1ccc(NS(=O)(=O)c2cc([N+](=O)[O-])ccc2N/N=C/c2ccccc2)c(C)c1. The standard InChI is InChI=1S/C21H20N4O4S/c1-15-8-10-19(16(2)12-15)24-30(28,29)21-13-18(25(26)27)9-11-20(21)23-22-14-17-6-4-3-5-7-17/h3-14,23-24H,1-2H3/b22-14+. The van der Waals surface area contributed by atoms with E-state index in [0.29, 0.717) is 5.69 Å². The van der Waals surface area contributed by atoms with E-state index >= 15 is 0 Å². The highest BCUT2D eigenvalue weighted by Crippen LogP contribution is 2.29. The van der Waals surface area contributed by atoms with Crippen molar-refractivity contribution in [1.29, 1.82) is 0 Å². The first-order valence-corrected chi connectivity index (χ1v) is 10.5. The summed E-state index contributed by atoms with van der Waals surface area (Å²) in [4.78, 5) is 10.3. The van der Waals surface area contributed by atoms with Gasteiger partial charge in [-0.25, -0.2) is 8.42 Å². The molecule has 0 atom stereocenters. The number of sulfonamides is 1. The Labute approximate surface area is 174 Å². The average Bonchev–Trinajstić information content (AvgIpc) is 2.71. The fraction of sp³-hybridized carbons (Fsp3) is 0.0952. The molecule has 0 heterocycles. The predicted octanol–water partition coefficient (Wildman–Crippen LogP) is 4.46. The Hall–Kier alpha value is -3.72. The molecule has 2 N–H and O–H groups in total. The van der Waals surface area contributed by atoms with Crippen LogP contribution in [0.4, 0.5) is 17.1 Å². The van der Waals surface area contributed by atoms with Crippen LogP contribution in [0.1, 0.15) is 16.7 Å². The highest BCUT2D eigenvalue weighted by molar-refractivity contribution is 7.92. The maximum Gasteiger partial charge on any atom is 0.270 e. The van der Waals surface area contributed by atoms with Crippen LogP contribution in [0.3, 0.4) is 0 Å². The molecule has 0 amide bonds. The molecule has 154 valence electrons. The van der Waals surface area contributed by atoms with Crippen molar-refractivity contribution in [3.05, 3.63) is 93.5 Å². The number of aryl methyl sites for hydroxylation is 2. The molecule has 0 aliphatic carbocycles. The van der Waals surface area contributed by atoms with Gasteiger partial charge >= 0.3 is 0 Å². The van der Waals surface area contributed by atoms with Crippen molar-refractivity contribution in [1.82, 2.24) is 0 Å². The lowest BCUT2D eigenvalue weighted by Crippen LogP contribution is -2.16. The van der Waals surface area contributed by atoms with Crippen molar-refractivity contribution in [2.75, 3.05) is 10.1 Å². The first kappa shape index (κ1) is 21.0. The lowest BCUT2D eigenvalue weighted by Gasteiger charge is -2.14. The molecule has 3 aromatic carbocycles. The Balaban J connectivity index is 1.96. The number of anilines is 2. The van der Waals surface area contributed by atoms with Crippen molar-refractivity contribution in [3.8, 4) is 0 Å². The number of hydrazone groups is 1. The van der Waals surface area contributed by atoms with Crippen LogP contribution < -0.4 is 10.1 Å². The molecule has 0 saturated heterocycles. The number of nitrogens with zero attached hydrogens (tertiary/aromatic N) is 2. The number of nitrogens with one attached hydrogen (secondary N) is 2. The molecule has 0 radical (unpaired) electrons. The second kappa shape index (κ2) is 8.75. The quantitative estimate of drug-likeness (QED) is 0.330. The Morgan fingerprint density at radius 3 is 2.33 bits per heavy atom. The van der Waals surface area contributed by atoms with Crippen LogP contribution in [0, 0.1) is 24.0 Å². The van der Waals surface area contributed by atoms with Crippen molar-refractivity contribution >= 4 is 33.3 Å². The summed E-state index contributed by atoms with van der Waals surface area (Å²) in [6, 6.07) is 18.0. The molecule has 8 nitrogen and oxygen atoms in total. The molecule has 3 aromatic rings. The van der Waals surface area contributed by atoms with E-state index in [1.807, 2.05) is 43.3 Å². The van der Waals surface area contributed by atoms with Gasteiger partial charge in [-0.2, -0.15) is 5.10 Å². The molecule has 0 aliphatic heterocycles. The van der Waals surface area contributed by atoms with E-state index in [-0.39, 0.29) is 16.3 Å². The fourth-order valence-corrected chi connectivity index (χ4v) is 4.09. The van der Waals surface area contributed by atoms with E-state index in [9.17, 15) is 18.5 Å². The normalized spacial score (nSPS) is 11.4. The number of hydrogen-bond donors (Lipinski definition) is 2. The van der Waals surface area contributed by atoms with E-state index in [1.165, 1.54) is 18.3 Å². The summed E-state index contributed by atoms with van der Waals surface area (Å²) in [5, 5.41) is 15.2. The topological polar surface area (TPSA) is 114 Å². The first-order chi connectivity index (χ1) is 14.3. The van der Waals surface area contributed by atoms with Crippen LogP contribution in [-0.2, 0) is 10.0 Å². The average molecular weight is 424 g/mol. The van der Waals surface area contributed by atoms with Gasteiger partial charge in [0.15, 0.2) is 0 Å². The summed E-state index contributed by atoms with van der Waals surface area (Å²) in [6.45, 7) is 3.68. The third kappa shape index (κ3) is 5.00. The van der Waals surface area contributed by atoms with Crippen LogP contribution in [0.5, 0.6) is 0 Å². The lowest BCUT2D eigenvalue weighted by molar-refractivity contribution is -0.385. The molecule has 0 spiro atoms. The number of hydrogen-bond acceptors (Lipinski definition) is 6. The maximum absolute atomic E-state index is 13.0. The molecule has 0 unspecified atom stereocenters. The van der Waals surface area contributed by atoms with Gasteiger partial charge < -0.3 is 0 Å². The van der Waals surface area contributed by atoms with Gasteiger partial charge in [-0.1, -0.05) is 48.0 Å². The van der Waals surface area contributed by atoms with Crippen LogP contribution in [-0.4, -0.2) is 19.6 Å². The number of rotatable bonds is 7. The molecule has 0 bridgehead atoms. The number of nitro benzene ring substituents is 1. The van der Waals surface area contributed by atoms with Crippen LogP contribution in [0.25, 0.3) is 0 Å². The van der Waals surface area contributed by atoms with Crippen LogP contribution >= 0.6 is 0 Å². The summed E-state index contributed by atoms with van der Waals surface area (Å²) in [7, 11) is -4.12. The van der Waals surface area contributed by atoms with Crippen LogP contribution in [0.15, 0.2) is 76.7 Å². The minimum absolute atomic E-state index is 0.116. The number of nitro groups is 1. The molecule has 0 fully saturated rings. The Bertz CT molecular complexity index is 1210. The van der Waals surface area contributed by atoms with Crippen molar-refractivity contribution in [2.45, 2.75) is 18.7 Å². The highest BCUT2D eigenvalue weighted by atomic mass is 32.2. The maximum atomic E-state index is 13.0. The third-order valence-corrected chi connectivity index (χ3v) is 5.70. The van der Waals surface area contributed by atoms with Gasteiger partial charge in [-0.15, -0.1) is 0 Å². The molecule has 0 aromatic heterocycles. The highest BCUT2D eigenvalue weighted by Gasteiger charge is 2.23. The van der Waals surface area contributed by atoms with Gasteiger partial charge in [-0.05, 0) is 37.1 Å². The van der Waals surface area contributed by atoms with E-state index in [2.05, 4.69) is 15.2 Å². The smallest absolute Gasteiger partial charge is 0.270 e. The van der Waals surface area contributed by atoms with Gasteiger partial charge in [0.05, 0.1) is 22.5 Å². The zero-order valence-corrected chi connectivity index (χ0v) is 17.2. The second-order valence-electron chi connectivity index (χ2n) is 6.64. The van der Waals surface area contributed by atoms with Crippen molar-refractivity contribution in [2.24, 2.45) is 5.10 Å². The minimum Gasteiger partial charge on any atom is -0.279 e. The second-order valence-corrected chi connectivity index (χ2v) is 8.29. The summed E-state index contributed by atoms with van der Waals surface area (Å²) in [5.74, 6) is 0. The van der Waals surface area contributed by atoms with Gasteiger partial charge in [0.25, 0.3) is 15.7 Å². The lowest BCUT2D eigenvalue weighted by atomic mass is 10.1. The number of benzene rings is 3. The first-order valence-electron chi connectivity index (χ1n) is 8.99. The minimum atomic E-state index is -4.12. The third-order valence-electron chi connectivity index (χ3n) is 4.29. The van der Waals surface area contributed by atoms with Crippen LogP contribution in [0.2, 0.25) is 0 Å². The number of non-ortho nitro benzene ring substituents is 1. The molecule has 0 saturated carbocycles. The summed E-state index contributed by atoms with van der Waals surface area (Å²) < 4.78 is 28.6. The van der Waals surface area contributed by atoms with Gasteiger partial charge in [0.2, 0.25) is 0 Å².